The van der Waals surface area contributed by atoms with Gasteiger partial charge < -0.3 is 21.7 Å². The van der Waals surface area contributed by atoms with Gasteiger partial charge in [0.25, 0.3) is 0 Å². The number of benzene rings is 4. The molecule has 2 nitrogen and oxygen atoms in total. The summed E-state index contributed by atoms with van der Waals surface area (Å²) >= 11 is 0. The maximum atomic E-state index is 13.3. The second-order valence-corrected chi connectivity index (χ2v) is 11.4. The van der Waals surface area contributed by atoms with Crippen molar-refractivity contribution in [2.45, 2.75) is 12.8 Å². The maximum absolute atomic E-state index is 13.3. The molecule has 0 amide bonds. The highest BCUT2D eigenvalue weighted by Crippen LogP contribution is 2.64. The Morgan fingerprint density at radius 2 is 0.970 bits per heavy atom. The first-order chi connectivity index (χ1) is 15.7. The third kappa shape index (κ3) is 3.97. The van der Waals surface area contributed by atoms with Crippen LogP contribution in [-0.4, -0.2) is 11.8 Å². The van der Waals surface area contributed by atoms with Gasteiger partial charge in [-0.15, -0.1) is 0 Å². The van der Waals surface area contributed by atoms with Crippen LogP contribution in [-0.2, 0) is 9.53 Å². The van der Waals surface area contributed by atoms with Crippen LogP contribution >= 0.6 is 7.26 Å². The van der Waals surface area contributed by atoms with Crippen molar-refractivity contribution >= 4 is 34.7 Å². The minimum Gasteiger partial charge on any atom is -1.00 e. The van der Waals surface area contributed by atoms with Gasteiger partial charge in [-0.25, -0.2) is 4.79 Å². The van der Waals surface area contributed by atoms with Crippen molar-refractivity contribution < 1.29 is 26.5 Å². The molecule has 0 spiro atoms. The monoisotopic (exact) mass is 514 g/mol. The molecule has 0 aromatic heterocycles. The van der Waals surface area contributed by atoms with E-state index in [2.05, 4.69) is 79.7 Å². The summed E-state index contributed by atoms with van der Waals surface area (Å²) in [6.45, 7) is 2.06. The minimum atomic E-state index is -2.35. The van der Waals surface area contributed by atoms with Crippen molar-refractivity contribution in [3.05, 3.63) is 132 Å². The molecule has 4 aromatic carbocycles. The van der Waals surface area contributed by atoms with Gasteiger partial charge in [-0.1, -0.05) is 84.9 Å². The molecule has 0 bridgehead atoms. The fraction of sp³-hybridized carbons (Fsp3) is 0.0690. The van der Waals surface area contributed by atoms with Crippen LogP contribution in [0.2, 0.25) is 0 Å². The zero-order chi connectivity index (χ0) is 22.0. The summed E-state index contributed by atoms with van der Waals surface area (Å²) in [5.74, 6) is -0.608. The van der Waals surface area contributed by atoms with Gasteiger partial charge in [0.1, 0.15) is 15.9 Å². The fourth-order valence-electron chi connectivity index (χ4n) is 4.70. The van der Waals surface area contributed by atoms with E-state index in [1.54, 1.807) is 0 Å². The van der Waals surface area contributed by atoms with Crippen molar-refractivity contribution in [1.82, 2.24) is 0 Å². The molecule has 0 N–H and O–H groups in total. The van der Waals surface area contributed by atoms with E-state index >= 15 is 0 Å². The zero-order valence-corrected chi connectivity index (χ0v) is 20.7. The maximum Gasteiger partial charge on any atom is 0.342 e. The lowest BCUT2D eigenvalue weighted by molar-refractivity contribution is -0.135. The van der Waals surface area contributed by atoms with Crippen molar-refractivity contribution in [3.8, 4) is 0 Å². The molecule has 33 heavy (non-hydrogen) atoms. The molecule has 1 unspecified atom stereocenters. The highest BCUT2D eigenvalue weighted by atomic mass is 79.9. The predicted octanol–water partition coefficient (Wildman–Crippen LogP) is 2.34. The van der Waals surface area contributed by atoms with Crippen molar-refractivity contribution in [3.63, 3.8) is 0 Å². The Hall–Kier alpha value is -3.00. The third-order valence-corrected chi connectivity index (χ3v) is 10.6. The number of carbonyl (C=O) groups is 1. The van der Waals surface area contributed by atoms with Crippen LogP contribution in [0.1, 0.15) is 12.5 Å². The van der Waals surface area contributed by atoms with Gasteiger partial charge in [0.05, 0.1) is 5.57 Å². The third-order valence-electron chi connectivity index (χ3n) is 6.09. The molecule has 4 aromatic rings. The number of hydrogen-bond acceptors (Lipinski definition) is 2. The first-order valence-electron chi connectivity index (χ1n) is 10.8. The summed E-state index contributed by atoms with van der Waals surface area (Å²) in [7, 11) is -2.35. The number of rotatable bonds is 5. The van der Waals surface area contributed by atoms with E-state index in [0.29, 0.717) is 5.57 Å². The van der Waals surface area contributed by atoms with E-state index in [4.69, 9.17) is 4.74 Å². The van der Waals surface area contributed by atoms with Gasteiger partial charge in [0, 0.05) is 5.57 Å². The Labute approximate surface area is 206 Å². The smallest absolute Gasteiger partial charge is 0.342 e. The molecule has 1 aliphatic rings. The van der Waals surface area contributed by atoms with E-state index in [1.165, 1.54) is 15.9 Å². The van der Waals surface area contributed by atoms with Crippen molar-refractivity contribution in [2.24, 2.45) is 0 Å². The number of cyclic esters (lactones) is 1. The van der Waals surface area contributed by atoms with Crippen LogP contribution < -0.4 is 32.9 Å². The minimum absolute atomic E-state index is 0. The van der Waals surface area contributed by atoms with Gasteiger partial charge in [-0.2, -0.15) is 0 Å². The van der Waals surface area contributed by atoms with E-state index in [0.717, 1.165) is 11.1 Å². The number of halogens is 1. The van der Waals surface area contributed by atoms with Crippen molar-refractivity contribution in [1.29, 1.82) is 0 Å². The Bertz CT molecular complexity index is 1160. The average Bonchev–Trinajstić information content (AvgIpc) is 3.16. The van der Waals surface area contributed by atoms with Crippen LogP contribution in [0.25, 0.3) is 5.57 Å². The Morgan fingerprint density at radius 3 is 1.36 bits per heavy atom. The normalized spacial score (nSPS) is 15.7. The van der Waals surface area contributed by atoms with Gasteiger partial charge in [-0.05, 0) is 48.9 Å². The molecule has 0 saturated carbocycles. The first-order valence-corrected chi connectivity index (χ1v) is 12.6. The molecule has 0 radical (unpaired) electrons. The summed E-state index contributed by atoms with van der Waals surface area (Å²) in [6.07, 6.45) is 0. The number of ether oxygens (including phenoxy) is 1. The van der Waals surface area contributed by atoms with E-state index in [1.807, 2.05) is 48.5 Å². The highest BCUT2D eigenvalue weighted by molar-refractivity contribution is 7.96. The number of carbonyl (C=O) groups excluding carboxylic acids is 1. The molecule has 1 atom stereocenters. The fourth-order valence-corrected chi connectivity index (χ4v) is 9.29. The molecule has 0 fully saturated rings. The molecule has 5 rings (SSSR count). The van der Waals surface area contributed by atoms with Gasteiger partial charge >= 0.3 is 5.97 Å². The Kier molecular flexibility index (Phi) is 6.93. The van der Waals surface area contributed by atoms with E-state index < -0.39 is 7.26 Å². The number of esters is 1. The largest absolute Gasteiger partial charge is 1.00 e. The lowest BCUT2D eigenvalue weighted by Gasteiger charge is -2.32. The van der Waals surface area contributed by atoms with Gasteiger partial charge in [0.15, 0.2) is 7.26 Å². The summed E-state index contributed by atoms with van der Waals surface area (Å²) in [5.41, 5.74) is 2.58. The summed E-state index contributed by atoms with van der Waals surface area (Å²) in [4.78, 5) is 13.3. The van der Waals surface area contributed by atoms with Crippen LogP contribution in [0.3, 0.4) is 0 Å². The summed E-state index contributed by atoms with van der Waals surface area (Å²) < 4.78 is 6.31. The second kappa shape index (κ2) is 9.87. The molecule has 0 saturated heterocycles. The van der Waals surface area contributed by atoms with Gasteiger partial charge in [0.2, 0.25) is 5.85 Å². The number of hydrogen-bond donors (Lipinski definition) is 0. The predicted molar refractivity (Wildman–Crippen MR) is 134 cm³/mol. The molecule has 164 valence electrons. The van der Waals surface area contributed by atoms with Crippen LogP contribution in [0.4, 0.5) is 0 Å². The molecule has 0 aliphatic carbocycles. The lowest BCUT2D eigenvalue weighted by atomic mass is 10.0. The molecule has 1 heterocycles. The molecular weight excluding hydrogens is 491 g/mol. The summed E-state index contributed by atoms with van der Waals surface area (Å²) in [5, 5.41) is 3.59. The molecule has 4 heteroatoms. The van der Waals surface area contributed by atoms with Crippen molar-refractivity contribution in [2.75, 3.05) is 0 Å². The van der Waals surface area contributed by atoms with Crippen LogP contribution in [0, 0.1) is 0 Å². The zero-order valence-electron chi connectivity index (χ0n) is 18.3. The SMILES string of the molecule is CC1=C(c2ccccc2)C(=O)OC1[P+](c1ccccc1)(c1ccccc1)c1ccccc1.[Br-]. The Balaban J connectivity index is 0.00000259. The first kappa shape index (κ1) is 23.2. The van der Waals surface area contributed by atoms with Crippen LogP contribution in [0.15, 0.2) is 127 Å². The summed E-state index contributed by atoms with van der Waals surface area (Å²) in [6, 6.07) is 41.5. The highest BCUT2D eigenvalue weighted by Gasteiger charge is 2.58. The molecular formula is C29H24BrO2P. The second-order valence-electron chi connectivity index (χ2n) is 7.91. The molecule has 1 aliphatic heterocycles. The Morgan fingerprint density at radius 1 is 0.606 bits per heavy atom. The lowest BCUT2D eigenvalue weighted by Crippen LogP contribution is -3.00. The standard InChI is InChI=1S/C29H24O2P.BrH/c1-22-27(23-14-6-2-7-15-23)28(30)31-29(22)32(24-16-8-3-9-17-24,25-18-10-4-11-19-25)26-20-12-5-13-21-26;/h2-21,29H,1H3;1H/q+1;/p-1. The topological polar surface area (TPSA) is 26.3 Å². The van der Waals surface area contributed by atoms with E-state index in [9.17, 15) is 4.79 Å². The quantitative estimate of drug-likeness (QED) is 0.302. The van der Waals surface area contributed by atoms with E-state index in [-0.39, 0.29) is 28.8 Å². The van der Waals surface area contributed by atoms with Gasteiger partial charge in [-0.3, -0.25) is 0 Å². The van der Waals surface area contributed by atoms with Crippen LogP contribution in [0.5, 0.6) is 0 Å². The average molecular weight is 515 g/mol.